The van der Waals surface area contributed by atoms with Crippen molar-refractivity contribution in [3.63, 3.8) is 0 Å². The SMILES string of the molecule is N#Cc1cccc(NC(=O)C2CCN(C(=O)C3CC3)CC2)c1. The largest absolute Gasteiger partial charge is 0.342 e. The summed E-state index contributed by atoms with van der Waals surface area (Å²) >= 11 is 0. The predicted octanol–water partition coefficient (Wildman–Crippen LogP) is 2.15. The lowest BCUT2D eigenvalue weighted by atomic mass is 9.95. The molecule has 0 radical (unpaired) electrons. The predicted molar refractivity (Wildman–Crippen MR) is 81.8 cm³/mol. The van der Waals surface area contributed by atoms with Crippen LogP contribution in [-0.4, -0.2) is 29.8 Å². The van der Waals surface area contributed by atoms with E-state index in [1.807, 2.05) is 4.90 Å². The summed E-state index contributed by atoms with van der Waals surface area (Å²) in [6, 6.07) is 8.97. The molecule has 2 fully saturated rings. The van der Waals surface area contributed by atoms with E-state index in [0.29, 0.717) is 37.2 Å². The van der Waals surface area contributed by atoms with Crippen LogP contribution in [0.2, 0.25) is 0 Å². The molecule has 1 aromatic rings. The average Bonchev–Trinajstić information content (AvgIpc) is 3.39. The molecular weight excluding hydrogens is 278 g/mol. The van der Waals surface area contributed by atoms with Gasteiger partial charge >= 0.3 is 0 Å². The van der Waals surface area contributed by atoms with Crippen LogP contribution in [0.4, 0.5) is 5.69 Å². The van der Waals surface area contributed by atoms with Crippen LogP contribution in [0.5, 0.6) is 0 Å². The number of rotatable bonds is 3. The smallest absolute Gasteiger partial charge is 0.227 e. The highest BCUT2D eigenvalue weighted by Gasteiger charge is 2.35. The molecule has 2 aliphatic rings. The topological polar surface area (TPSA) is 73.2 Å². The van der Waals surface area contributed by atoms with Gasteiger partial charge in [0.05, 0.1) is 11.6 Å². The number of benzene rings is 1. The summed E-state index contributed by atoms with van der Waals surface area (Å²) in [6.45, 7) is 1.34. The summed E-state index contributed by atoms with van der Waals surface area (Å²) < 4.78 is 0. The maximum absolute atomic E-state index is 12.3. The molecule has 1 heterocycles. The second-order valence-electron chi connectivity index (χ2n) is 6.06. The van der Waals surface area contributed by atoms with Crippen molar-refractivity contribution in [1.29, 1.82) is 5.26 Å². The number of nitriles is 1. The van der Waals surface area contributed by atoms with Crippen molar-refractivity contribution in [2.45, 2.75) is 25.7 Å². The first kappa shape index (κ1) is 14.6. The van der Waals surface area contributed by atoms with Crippen LogP contribution in [0.3, 0.4) is 0 Å². The Morgan fingerprint density at radius 3 is 2.50 bits per heavy atom. The van der Waals surface area contributed by atoms with Crippen molar-refractivity contribution in [3.8, 4) is 6.07 Å². The van der Waals surface area contributed by atoms with Crippen molar-refractivity contribution >= 4 is 17.5 Å². The molecule has 2 amide bonds. The lowest BCUT2D eigenvalue weighted by Gasteiger charge is -2.31. The van der Waals surface area contributed by atoms with Crippen molar-refractivity contribution in [2.24, 2.45) is 11.8 Å². The number of hydrogen-bond acceptors (Lipinski definition) is 3. The molecule has 5 heteroatoms. The third-order valence-corrected chi connectivity index (χ3v) is 4.36. The van der Waals surface area contributed by atoms with Crippen LogP contribution in [-0.2, 0) is 9.59 Å². The van der Waals surface area contributed by atoms with E-state index in [1.54, 1.807) is 24.3 Å². The fraction of sp³-hybridized carbons (Fsp3) is 0.471. The van der Waals surface area contributed by atoms with Gasteiger partial charge in [0, 0.05) is 30.6 Å². The lowest BCUT2D eigenvalue weighted by Crippen LogP contribution is -2.42. The highest BCUT2D eigenvalue weighted by atomic mass is 16.2. The highest BCUT2D eigenvalue weighted by molar-refractivity contribution is 5.93. The van der Waals surface area contributed by atoms with Gasteiger partial charge < -0.3 is 10.2 Å². The number of hydrogen-bond donors (Lipinski definition) is 1. The number of nitrogens with one attached hydrogen (secondary N) is 1. The third-order valence-electron chi connectivity index (χ3n) is 4.36. The van der Waals surface area contributed by atoms with E-state index in [0.717, 1.165) is 12.8 Å². The first-order valence-corrected chi connectivity index (χ1v) is 7.77. The zero-order valence-corrected chi connectivity index (χ0v) is 12.4. The molecule has 114 valence electrons. The minimum absolute atomic E-state index is 0.0198. The first-order valence-electron chi connectivity index (χ1n) is 7.77. The summed E-state index contributed by atoms with van der Waals surface area (Å²) in [6.07, 6.45) is 3.47. The zero-order chi connectivity index (χ0) is 15.5. The Hall–Kier alpha value is -2.35. The molecule has 1 N–H and O–H groups in total. The summed E-state index contributed by atoms with van der Waals surface area (Å²) in [5.41, 5.74) is 1.18. The molecular formula is C17H19N3O2. The second-order valence-corrected chi connectivity index (χ2v) is 6.06. The lowest BCUT2D eigenvalue weighted by molar-refractivity contribution is -0.135. The van der Waals surface area contributed by atoms with E-state index in [1.165, 1.54) is 0 Å². The number of anilines is 1. The fourth-order valence-electron chi connectivity index (χ4n) is 2.86. The van der Waals surface area contributed by atoms with Gasteiger partial charge in [-0.3, -0.25) is 9.59 Å². The molecule has 1 saturated carbocycles. The van der Waals surface area contributed by atoms with Gasteiger partial charge in [0.15, 0.2) is 0 Å². The van der Waals surface area contributed by atoms with Crippen LogP contribution in [0, 0.1) is 23.2 Å². The molecule has 3 rings (SSSR count). The van der Waals surface area contributed by atoms with Crippen LogP contribution in [0.1, 0.15) is 31.2 Å². The van der Waals surface area contributed by atoms with Gasteiger partial charge in [-0.15, -0.1) is 0 Å². The van der Waals surface area contributed by atoms with Gasteiger partial charge in [-0.05, 0) is 43.9 Å². The van der Waals surface area contributed by atoms with Gasteiger partial charge in [0.2, 0.25) is 11.8 Å². The Morgan fingerprint density at radius 1 is 1.14 bits per heavy atom. The normalized spacial score (nSPS) is 18.6. The number of piperidine rings is 1. The van der Waals surface area contributed by atoms with E-state index in [-0.39, 0.29) is 23.7 Å². The Labute approximate surface area is 129 Å². The van der Waals surface area contributed by atoms with Crippen molar-refractivity contribution in [1.82, 2.24) is 4.90 Å². The summed E-state index contributed by atoms with van der Waals surface area (Å²) in [7, 11) is 0. The molecule has 5 nitrogen and oxygen atoms in total. The Balaban J connectivity index is 1.53. The van der Waals surface area contributed by atoms with Crippen molar-refractivity contribution < 1.29 is 9.59 Å². The van der Waals surface area contributed by atoms with Crippen molar-refractivity contribution in [3.05, 3.63) is 29.8 Å². The molecule has 0 unspecified atom stereocenters. The van der Waals surface area contributed by atoms with E-state index in [2.05, 4.69) is 11.4 Å². The Bertz CT molecular complexity index is 623. The maximum atomic E-state index is 12.3. The van der Waals surface area contributed by atoms with E-state index < -0.39 is 0 Å². The van der Waals surface area contributed by atoms with Gasteiger partial charge in [-0.1, -0.05) is 6.07 Å². The minimum atomic E-state index is -0.0611. The molecule has 1 aromatic carbocycles. The van der Waals surface area contributed by atoms with Crippen molar-refractivity contribution in [2.75, 3.05) is 18.4 Å². The average molecular weight is 297 g/mol. The molecule has 0 spiro atoms. The Morgan fingerprint density at radius 2 is 1.86 bits per heavy atom. The molecule has 1 aliphatic heterocycles. The van der Waals surface area contributed by atoms with Crippen LogP contribution in [0.15, 0.2) is 24.3 Å². The number of amides is 2. The second kappa shape index (κ2) is 6.18. The summed E-state index contributed by atoms with van der Waals surface area (Å²) in [4.78, 5) is 26.2. The van der Waals surface area contributed by atoms with E-state index in [4.69, 9.17) is 5.26 Å². The third kappa shape index (κ3) is 3.28. The quantitative estimate of drug-likeness (QED) is 0.929. The Kier molecular flexibility index (Phi) is 4.10. The van der Waals surface area contributed by atoms with Crippen LogP contribution in [0.25, 0.3) is 0 Å². The number of nitrogens with zero attached hydrogens (tertiary/aromatic N) is 2. The van der Waals surface area contributed by atoms with Gasteiger partial charge in [-0.25, -0.2) is 0 Å². The zero-order valence-electron chi connectivity index (χ0n) is 12.4. The molecule has 0 atom stereocenters. The van der Waals surface area contributed by atoms with Crippen LogP contribution >= 0.6 is 0 Å². The number of likely N-dealkylation sites (tertiary alicyclic amines) is 1. The maximum Gasteiger partial charge on any atom is 0.227 e. The molecule has 22 heavy (non-hydrogen) atoms. The van der Waals surface area contributed by atoms with E-state index >= 15 is 0 Å². The molecule has 1 aliphatic carbocycles. The van der Waals surface area contributed by atoms with Gasteiger partial charge in [0.25, 0.3) is 0 Å². The monoisotopic (exact) mass is 297 g/mol. The van der Waals surface area contributed by atoms with E-state index in [9.17, 15) is 9.59 Å². The minimum Gasteiger partial charge on any atom is -0.342 e. The van der Waals surface area contributed by atoms with Crippen LogP contribution < -0.4 is 5.32 Å². The molecule has 0 aromatic heterocycles. The summed E-state index contributed by atoms with van der Waals surface area (Å²) in [5.74, 6) is 0.433. The number of carbonyl (C=O) groups is 2. The fourth-order valence-corrected chi connectivity index (χ4v) is 2.86. The number of carbonyl (C=O) groups excluding carboxylic acids is 2. The highest BCUT2D eigenvalue weighted by Crippen LogP contribution is 2.32. The first-order chi connectivity index (χ1) is 10.7. The molecule has 0 bridgehead atoms. The van der Waals surface area contributed by atoms with Gasteiger partial charge in [0.1, 0.15) is 0 Å². The van der Waals surface area contributed by atoms with Gasteiger partial charge in [-0.2, -0.15) is 5.26 Å². The summed E-state index contributed by atoms with van der Waals surface area (Å²) in [5, 5.41) is 11.7. The standard InChI is InChI=1S/C17H19N3O2/c18-11-12-2-1-3-15(10-12)19-16(21)13-6-8-20(9-7-13)17(22)14-4-5-14/h1-3,10,13-14H,4-9H2,(H,19,21). The molecule has 1 saturated heterocycles.